The third kappa shape index (κ3) is 22.5. The molecular weight excluding hydrogens is 232 g/mol. The summed E-state index contributed by atoms with van der Waals surface area (Å²) in [5.41, 5.74) is 0. The van der Waals surface area contributed by atoms with Gasteiger partial charge in [0.1, 0.15) is 12.2 Å². The summed E-state index contributed by atoms with van der Waals surface area (Å²) in [4.78, 5) is 18.9. The number of rotatable bonds is 2. The van der Waals surface area contributed by atoms with Crippen LogP contribution in [0.5, 0.6) is 0 Å². The fourth-order valence-corrected chi connectivity index (χ4v) is 0. The van der Waals surface area contributed by atoms with Crippen molar-refractivity contribution in [3.63, 3.8) is 0 Å². The van der Waals surface area contributed by atoms with Crippen LogP contribution in [0.25, 0.3) is 0 Å². The van der Waals surface area contributed by atoms with Gasteiger partial charge in [-0.25, -0.2) is 9.59 Å². The second-order valence-electron chi connectivity index (χ2n) is 2.03. The van der Waals surface area contributed by atoms with Crippen molar-refractivity contribution in [1.29, 1.82) is 0 Å². The number of carboxylic acids is 2. The van der Waals surface area contributed by atoms with Crippen LogP contribution in [0.1, 0.15) is 13.8 Å². The number of aliphatic hydroxyl groups excluding tert-OH is 2. The van der Waals surface area contributed by atoms with Gasteiger partial charge in [0.2, 0.25) is 0 Å². The van der Waals surface area contributed by atoms with E-state index in [0.717, 1.165) is 0 Å². The van der Waals surface area contributed by atoms with Crippen molar-refractivity contribution < 1.29 is 57.2 Å². The van der Waals surface area contributed by atoms with Crippen LogP contribution in [0.3, 0.4) is 0 Å². The zero-order valence-corrected chi connectivity index (χ0v) is 9.32. The maximum Gasteiger partial charge on any atom is 0.332 e. The van der Waals surface area contributed by atoms with Crippen LogP contribution in [0, 0.1) is 0 Å². The van der Waals surface area contributed by atoms with Gasteiger partial charge in [0.25, 0.3) is 0 Å². The predicted octanol–water partition coefficient (Wildman–Crippen LogP) is -1.92. The van der Waals surface area contributed by atoms with E-state index in [1.807, 2.05) is 0 Å². The van der Waals surface area contributed by atoms with Gasteiger partial charge in [-0.05, 0) is 13.8 Å². The van der Waals surface area contributed by atoms with Crippen molar-refractivity contribution in [2.75, 3.05) is 0 Å². The molecule has 0 aromatic heterocycles. The smallest absolute Gasteiger partial charge is 0.332 e. The molecule has 0 fully saturated rings. The molecule has 0 aromatic rings. The molecule has 8 heteroatoms. The molecule has 0 aliphatic rings. The third-order valence-electron chi connectivity index (χ3n) is 0.715. The molecule has 14 heavy (non-hydrogen) atoms. The Hall–Kier alpha value is -0.466. The maximum absolute atomic E-state index is 9.45. The number of carbonyl (C=O) groups is 2. The number of hydrogen-bond acceptors (Lipinski definition) is 4. The molecule has 0 bridgehead atoms. The Labute approximate surface area is 95.6 Å². The average molecular weight is 246 g/mol. The molecule has 0 saturated heterocycles. The fraction of sp³-hybridized carbons (Fsp3) is 0.667. The van der Waals surface area contributed by atoms with Crippen molar-refractivity contribution in [3.8, 4) is 0 Å². The van der Waals surface area contributed by atoms with E-state index in [1.54, 1.807) is 0 Å². The van der Waals surface area contributed by atoms with Gasteiger partial charge in [-0.1, -0.05) is 0 Å². The molecule has 2 atom stereocenters. The Morgan fingerprint density at radius 3 is 1.00 bits per heavy atom. The molecule has 0 radical (unpaired) electrons. The van der Waals surface area contributed by atoms with Crippen LogP contribution in [0.4, 0.5) is 0 Å². The van der Waals surface area contributed by atoms with E-state index in [4.69, 9.17) is 20.4 Å². The SMILES string of the molecule is CC(O)C(=O)O.CC(O)C(=O)O.O.[Ti]. The molecule has 84 valence electrons. The summed E-state index contributed by atoms with van der Waals surface area (Å²) >= 11 is 0. The largest absolute Gasteiger partial charge is 0.479 e. The summed E-state index contributed by atoms with van der Waals surface area (Å²) < 4.78 is 0. The van der Waals surface area contributed by atoms with Gasteiger partial charge in [0, 0.05) is 21.7 Å². The van der Waals surface area contributed by atoms with Crippen molar-refractivity contribution >= 4 is 11.9 Å². The molecule has 0 spiro atoms. The monoisotopic (exact) mass is 246 g/mol. The number of aliphatic carboxylic acids is 2. The summed E-state index contributed by atoms with van der Waals surface area (Å²) in [5, 5.41) is 31.5. The van der Waals surface area contributed by atoms with E-state index >= 15 is 0 Å². The zero-order valence-electron chi connectivity index (χ0n) is 7.76. The van der Waals surface area contributed by atoms with Crippen molar-refractivity contribution in [3.05, 3.63) is 0 Å². The average Bonchev–Trinajstić information content (AvgIpc) is 1.88. The zero-order chi connectivity index (χ0) is 10.3. The molecule has 6 N–H and O–H groups in total. The van der Waals surface area contributed by atoms with Gasteiger partial charge in [-0.15, -0.1) is 0 Å². The van der Waals surface area contributed by atoms with E-state index in [0.29, 0.717) is 0 Å². The second kappa shape index (κ2) is 12.5. The normalized spacial score (nSPS) is 11.7. The number of carboxylic acid groups (broad SMARTS) is 2. The Morgan fingerprint density at radius 2 is 1.00 bits per heavy atom. The molecule has 0 aromatic carbocycles. The summed E-state index contributed by atoms with van der Waals surface area (Å²) in [6.07, 6.45) is -2.46. The molecular formula is C6H14O7Ti. The van der Waals surface area contributed by atoms with Gasteiger partial charge in [0.15, 0.2) is 0 Å². The fourth-order valence-electron chi connectivity index (χ4n) is 0. The van der Waals surface area contributed by atoms with Gasteiger partial charge >= 0.3 is 11.9 Å². The predicted molar refractivity (Wildman–Crippen MR) is 42.2 cm³/mol. The summed E-state index contributed by atoms with van der Waals surface area (Å²) in [6.45, 7) is 2.39. The standard InChI is InChI=1S/2C3H6O3.H2O.Ti/c2*1-2(4)3(5)6;;/h2*2,4H,1H3,(H,5,6);1H2;. The number of aliphatic hydroxyl groups is 2. The van der Waals surface area contributed by atoms with E-state index in [1.165, 1.54) is 13.8 Å². The molecule has 0 amide bonds. The van der Waals surface area contributed by atoms with Crippen LogP contribution in [0.2, 0.25) is 0 Å². The van der Waals surface area contributed by atoms with E-state index in [9.17, 15) is 9.59 Å². The Balaban J connectivity index is -0.0000000625. The van der Waals surface area contributed by atoms with Gasteiger partial charge in [-0.3, -0.25) is 0 Å². The van der Waals surface area contributed by atoms with Gasteiger partial charge in [0.05, 0.1) is 0 Å². The minimum Gasteiger partial charge on any atom is -0.479 e. The van der Waals surface area contributed by atoms with Crippen molar-refractivity contribution in [2.45, 2.75) is 26.1 Å². The van der Waals surface area contributed by atoms with E-state index < -0.39 is 24.1 Å². The molecule has 7 nitrogen and oxygen atoms in total. The van der Waals surface area contributed by atoms with Crippen molar-refractivity contribution in [1.82, 2.24) is 0 Å². The van der Waals surface area contributed by atoms with Crippen LogP contribution in [-0.4, -0.2) is 50.0 Å². The van der Waals surface area contributed by atoms with Crippen LogP contribution >= 0.6 is 0 Å². The first-order chi connectivity index (χ1) is 5.29. The molecule has 0 saturated carbocycles. The Bertz CT molecular complexity index is 138. The first-order valence-electron chi connectivity index (χ1n) is 3.10. The second-order valence-corrected chi connectivity index (χ2v) is 2.03. The summed E-state index contributed by atoms with van der Waals surface area (Å²) in [5.74, 6) is -2.37. The van der Waals surface area contributed by atoms with E-state index in [2.05, 4.69) is 0 Å². The first kappa shape index (κ1) is 23.4. The van der Waals surface area contributed by atoms with Gasteiger partial charge < -0.3 is 25.9 Å². The Kier molecular flexibility index (Phi) is 20.9. The summed E-state index contributed by atoms with van der Waals surface area (Å²) in [7, 11) is 0. The topological polar surface area (TPSA) is 147 Å². The third-order valence-corrected chi connectivity index (χ3v) is 0.715. The van der Waals surface area contributed by atoms with Crippen LogP contribution < -0.4 is 0 Å². The maximum atomic E-state index is 9.45. The van der Waals surface area contributed by atoms with E-state index in [-0.39, 0.29) is 27.2 Å². The summed E-state index contributed by atoms with van der Waals surface area (Å²) in [6, 6.07) is 0. The quantitative estimate of drug-likeness (QED) is 0.417. The molecule has 0 rings (SSSR count). The first-order valence-corrected chi connectivity index (χ1v) is 3.10. The Morgan fingerprint density at radius 1 is 0.929 bits per heavy atom. The van der Waals surface area contributed by atoms with Crippen LogP contribution in [0.15, 0.2) is 0 Å². The van der Waals surface area contributed by atoms with Gasteiger partial charge in [-0.2, -0.15) is 0 Å². The van der Waals surface area contributed by atoms with Crippen LogP contribution in [-0.2, 0) is 31.3 Å². The minimum atomic E-state index is -1.23. The molecule has 0 aliphatic carbocycles. The molecule has 0 aliphatic heterocycles. The minimum absolute atomic E-state index is 0. The number of hydrogen-bond donors (Lipinski definition) is 4. The molecule has 2 unspecified atom stereocenters. The molecule has 0 heterocycles. The van der Waals surface area contributed by atoms with Crippen molar-refractivity contribution in [2.24, 2.45) is 0 Å².